The van der Waals surface area contributed by atoms with Crippen molar-refractivity contribution in [3.8, 4) is 0 Å². The fraction of sp³-hybridized carbons (Fsp3) is 0.556. The molecular weight excluding hydrogens is 244 g/mol. The smallest absolute Gasteiger partial charge is 0.129 e. The topological polar surface area (TPSA) is 0 Å². The summed E-state index contributed by atoms with van der Waals surface area (Å²) in [4.78, 5) is 0. The van der Waals surface area contributed by atoms with E-state index in [1.54, 1.807) is 0 Å². The molecule has 0 aromatic heterocycles. The minimum Gasteiger partial charge on any atom is -0.308 e. The van der Waals surface area contributed by atoms with Crippen LogP contribution in [0.3, 0.4) is 0 Å². The van der Waals surface area contributed by atoms with Crippen LogP contribution in [-0.4, -0.2) is 54.3 Å². The van der Waals surface area contributed by atoms with E-state index in [0.29, 0.717) is 0 Å². The van der Waals surface area contributed by atoms with Crippen LogP contribution in [0, 0.1) is 0 Å². The van der Waals surface area contributed by atoms with Crippen LogP contribution in [0.15, 0.2) is 30.8 Å². The first-order chi connectivity index (χ1) is 9.57. The number of benzene rings is 1. The predicted molar refractivity (Wildman–Crippen MR) is 85.1 cm³/mol. The summed E-state index contributed by atoms with van der Waals surface area (Å²) in [6.45, 7) is 18.1. The minimum atomic E-state index is 0.796. The summed E-state index contributed by atoms with van der Waals surface area (Å²) in [5.74, 6) is 0. The van der Waals surface area contributed by atoms with Crippen LogP contribution < -0.4 is 0 Å². The van der Waals surface area contributed by atoms with Gasteiger partial charge < -0.3 is 8.97 Å². The standard InChI is InChI=1S/C18H28N2/c1-4-17-5-7-18(8-6-17)15-19-9-12-20(13-10-19,14-11-19)16(2)3/h4-8,16H,1,9-15H2,2-3H3/q+2. The maximum absolute atomic E-state index is 3.83. The predicted octanol–water partition coefficient (Wildman–Crippen LogP) is 2.90. The fourth-order valence-electron chi connectivity index (χ4n) is 4.06. The number of piperazine rings is 3. The van der Waals surface area contributed by atoms with Crippen molar-refractivity contribution in [2.75, 3.05) is 39.3 Å². The molecule has 0 amide bonds. The van der Waals surface area contributed by atoms with Gasteiger partial charge in [0.25, 0.3) is 0 Å². The van der Waals surface area contributed by atoms with Gasteiger partial charge in [-0.15, -0.1) is 0 Å². The molecule has 2 bridgehead atoms. The molecule has 3 heterocycles. The molecule has 0 N–H and O–H groups in total. The molecule has 3 aliphatic heterocycles. The highest BCUT2D eigenvalue weighted by Gasteiger charge is 2.50. The van der Waals surface area contributed by atoms with Crippen molar-refractivity contribution in [3.63, 3.8) is 0 Å². The Morgan fingerprint density at radius 3 is 2.00 bits per heavy atom. The molecule has 0 spiro atoms. The lowest BCUT2D eigenvalue weighted by molar-refractivity contribution is -1.09. The molecule has 4 rings (SSSR count). The van der Waals surface area contributed by atoms with E-state index in [4.69, 9.17) is 0 Å². The zero-order chi connectivity index (χ0) is 14.2. The summed E-state index contributed by atoms with van der Waals surface area (Å²) < 4.78 is 2.69. The monoisotopic (exact) mass is 272 g/mol. The average molecular weight is 272 g/mol. The molecule has 20 heavy (non-hydrogen) atoms. The van der Waals surface area contributed by atoms with Gasteiger partial charge >= 0.3 is 0 Å². The molecular formula is C18H28N2+2. The van der Waals surface area contributed by atoms with E-state index in [0.717, 1.165) is 6.04 Å². The van der Waals surface area contributed by atoms with Crippen molar-refractivity contribution in [1.82, 2.24) is 0 Å². The summed E-state index contributed by atoms with van der Waals surface area (Å²) in [6, 6.07) is 9.77. The second-order valence-corrected chi connectivity index (χ2v) is 7.10. The van der Waals surface area contributed by atoms with E-state index in [9.17, 15) is 0 Å². The van der Waals surface area contributed by atoms with Crippen molar-refractivity contribution < 1.29 is 8.97 Å². The third-order valence-corrected chi connectivity index (χ3v) is 5.89. The van der Waals surface area contributed by atoms with Crippen LogP contribution in [0.5, 0.6) is 0 Å². The van der Waals surface area contributed by atoms with E-state index in [2.05, 4.69) is 44.7 Å². The zero-order valence-electron chi connectivity index (χ0n) is 13.0. The summed E-state index contributed by atoms with van der Waals surface area (Å²) >= 11 is 0. The van der Waals surface area contributed by atoms with Gasteiger partial charge in [0.05, 0.1) is 6.04 Å². The van der Waals surface area contributed by atoms with Gasteiger partial charge in [0.2, 0.25) is 0 Å². The maximum Gasteiger partial charge on any atom is 0.129 e. The lowest BCUT2D eigenvalue weighted by atomic mass is 10.0. The van der Waals surface area contributed by atoms with Crippen LogP contribution in [0.25, 0.3) is 6.08 Å². The molecule has 0 unspecified atom stereocenters. The Labute approximate surface area is 123 Å². The molecule has 3 aliphatic rings. The molecule has 0 saturated carbocycles. The van der Waals surface area contributed by atoms with Crippen LogP contribution in [0.2, 0.25) is 0 Å². The number of quaternary nitrogens is 2. The first kappa shape index (κ1) is 13.8. The van der Waals surface area contributed by atoms with E-state index < -0.39 is 0 Å². The van der Waals surface area contributed by atoms with Crippen LogP contribution in [0.4, 0.5) is 0 Å². The minimum absolute atomic E-state index is 0.796. The average Bonchev–Trinajstić information content (AvgIpc) is 2.49. The summed E-state index contributed by atoms with van der Waals surface area (Å²) in [7, 11) is 0. The normalized spacial score (nSPS) is 32.5. The number of nitrogens with zero attached hydrogens (tertiary/aromatic N) is 2. The maximum atomic E-state index is 3.83. The molecule has 2 nitrogen and oxygen atoms in total. The SMILES string of the molecule is C=Cc1ccc(C[N+]23CC[N+](C(C)C)(CC2)CC3)cc1. The van der Waals surface area contributed by atoms with Crippen molar-refractivity contribution in [1.29, 1.82) is 0 Å². The second kappa shape index (κ2) is 5.01. The highest BCUT2D eigenvalue weighted by atomic mass is 15.5. The van der Waals surface area contributed by atoms with Crippen molar-refractivity contribution in [3.05, 3.63) is 42.0 Å². The van der Waals surface area contributed by atoms with Crippen LogP contribution in [0.1, 0.15) is 25.0 Å². The van der Waals surface area contributed by atoms with E-state index in [-0.39, 0.29) is 0 Å². The number of fused-ring (bicyclic) bond motifs is 3. The molecule has 0 atom stereocenters. The van der Waals surface area contributed by atoms with Gasteiger partial charge in [-0.05, 0) is 19.4 Å². The van der Waals surface area contributed by atoms with Gasteiger partial charge in [-0.2, -0.15) is 0 Å². The number of hydrogen-bond acceptors (Lipinski definition) is 0. The molecule has 2 heteroatoms. The van der Waals surface area contributed by atoms with E-state index in [1.807, 2.05) is 6.08 Å². The molecule has 0 aliphatic carbocycles. The Hall–Kier alpha value is -1.12. The van der Waals surface area contributed by atoms with E-state index >= 15 is 0 Å². The lowest BCUT2D eigenvalue weighted by Crippen LogP contribution is -2.76. The van der Waals surface area contributed by atoms with Gasteiger partial charge in [0.15, 0.2) is 0 Å². The van der Waals surface area contributed by atoms with Crippen LogP contribution in [-0.2, 0) is 6.54 Å². The highest BCUT2D eigenvalue weighted by molar-refractivity contribution is 5.47. The summed E-state index contributed by atoms with van der Waals surface area (Å²) in [6.07, 6.45) is 1.92. The molecule has 1 aromatic carbocycles. The molecule has 3 fully saturated rings. The van der Waals surface area contributed by atoms with Crippen molar-refractivity contribution >= 4 is 6.08 Å². The Balaban J connectivity index is 1.71. The third-order valence-electron chi connectivity index (χ3n) is 5.89. The second-order valence-electron chi connectivity index (χ2n) is 7.10. The molecule has 1 aromatic rings. The largest absolute Gasteiger partial charge is 0.308 e. The summed E-state index contributed by atoms with van der Waals surface area (Å²) in [5.41, 5.74) is 2.71. The Morgan fingerprint density at radius 1 is 1.00 bits per heavy atom. The molecule has 0 radical (unpaired) electrons. The van der Waals surface area contributed by atoms with E-state index in [1.165, 1.54) is 65.9 Å². The summed E-state index contributed by atoms with van der Waals surface area (Å²) in [5, 5.41) is 0. The Bertz CT molecular complexity index is 462. The first-order valence-corrected chi connectivity index (χ1v) is 8.00. The fourth-order valence-corrected chi connectivity index (χ4v) is 4.06. The van der Waals surface area contributed by atoms with Gasteiger partial charge in [0, 0.05) is 5.56 Å². The number of hydrogen-bond donors (Lipinski definition) is 0. The van der Waals surface area contributed by atoms with Gasteiger partial charge in [-0.1, -0.05) is 36.9 Å². The Kier molecular flexibility index (Phi) is 3.47. The zero-order valence-corrected chi connectivity index (χ0v) is 13.0. The van der Waals surface area contributed by atoms with Crippen molar-refractivity contribution in [2.45, 2.75) is 26.4 Å². The van der Waals surface area contributed by atoms with Crippen LogP contribution >= 0.6 is 0 Å². The molecule has 108 valence electrons. The van der Waals surface area contributed by atoms with Gasteiger partial charge in [-0.25, -0.2) is 0 Å². The third kappa shape index (κ3) is 2.32. The first-order valence-electron chi connectivity index (χ1n) is 8.00. The van der Waals surface area contributed by atoms with Gasteiger partial charge in [-0.3, -0.25) is 0 Å². The van der Waals surface area contributed by atoms with Crippen molar-refractivity contribution in [2.24, 2.45) is 0 Å². The highest BCUT2D eigenvalue weighted by Crippen LogP contribution is 2.31. The molecule has 3 saturated heterocycles. The van der Waals surface area contributed by atoms with Gasteiger partial charge in [0.1, 0.15) is 45.8 Å². The number of rotatable bonds is 4. The Morgan fingerprint density at radius 2 is 1.55 bits per heavy atom. The lowest BCUT2D eigenvalue weighted by Gasteiger charge is -2.57. The quantitative estimate of drug-likeness (QED) is 0.739.